The van der Waals surface area contributed by atoms with Crippen molar-refractivity contribution in [1.82, 2.24) is 5.32 Å². The van der Waals surface area contributed by atoms with Crippen LogP contribution in [0.15, 0.2) is 10.5 Å². The summed E-state index contributed by atoms with van der Waals surface area (Å²) < 4.78 is 5.45. The topological polar surface area (TPSA) is 68.3 Å². The van der Waals surface area contributed by atoms with Gasteiger partial charge in [-0.1, -0.05) is 13.8 Å². The van der Waals surface area contributed by atoms with Crippen LogP contribution in [0.25, 0.3) is 0 Å². The van der Waals surface area contributed by atoms with Crippen molar-refractivity contribution in [3.05, 3.63) is 23.2 Å². The highest BCUT2D eigenvalue weighted by Crippen LogP contribution is 2.14. The van der Waals surface area contributed by atoms with Crippen molar-refractivity contribution < 1.29 is 9.21 Å². The van der Waals surface area contributed by atoms with Gasteiger partial charge in [-0.05, 0) is 31.0 Å². The zero-order chi connectivity index (χ0) is 12.1. The van der Waals surface area contributed by atoms with Crippen LogP contribution in [0.4, 0.5) is 0 Å². The van der Waals surface area contributed by atoms with Crippen molar-refractivity contribution in [1.29, 1.82) is 0 Å². The maximum atomic E-state index is 11.7. The quantitative estimate of drug-likeness (QED) is 0.850. The van der Waals surface area contributed by atoms with Crippen LogP contribution in [0.3, 0.4) is 0 Å². The Bertz CT molecular complexity index is 363. The van der Waals surface area contributed by atoms with Crippen LogP contribution >= 0.6 is 12.4 Å². The van der Waals surface area contributed by atoms with E-state index in [-0.39, 0.29) is 24.2 Å². The number of furan rings is 1. The Labute approximate surface area is 108 Å². The first-order chi connectivity index (χ1) is 7.58. The minimum Gasteiger partial charge on any atom is -0.456 e. The van der Waals surface area contributed by atoms with Crippen LogP contribution in [-0.4, -0.2) is 19.0 Å². The molecule has 1 atom stereocenters. The summed E-state index contributed by atoms with van der Waals surface area (Å²) in [6.45, 7) is 7.09. The number of halogens is 1. The van der Waals surface area contributed by atoms with E-state index in [0.29, 0.717) is 18.8 Å². The summed E-state index contributed by atoms with van der Waals surface area (Å²) in [6.07, 6.45) is 0.804. The SMILES string of the molecule is CCc1oc(C(=O)NCC(C)CN)cc1C.Cl. The van der Waals surface area contributed by atoms with Crippen LogP contribution in [0.5, 0.6) is 0 Å². The van der Waals surface area contributed by atoms with Crippen LogP contribution in [0, 0.1) is 12.8 Å². The maximum Gasteiger partial charge on any atom is 0.287 e. The van der Waals surface area contributed by atoms with Crippen LogP contribution in [-0.2, 0) is 6.42 Å². The van der Waals surface area contributed by atoms with Gasteiger partial charge in [0.1, 0.15) is 5.76 Å². The van der Waals surface area contributed by atoms with E-state index >= 15 is 0 Å². The fraction of sp³-hybridized carbons (Fsp3) is 0.583. The highest BCUT2D eigenvalue weighted by Gasteiger charge is 2.13. The zero-order valence-electron chi connectivity index (χ0n) is 10.6. The molecular weight excluding hydrogens is 240 g/mol. The lowest BCUT2D eigenvalue weighted by Gasteiger charge is -2.08. The van der Waals surface area contributed by atoms with Crippen molar-refractivity contribution >= 4 is 18.3 Å². The van der Waals surface area contributed by atoms with Crippen molar-refractivity contribution in [2.45, 2.75) is 27.2 Å². The van der Waals surface area contributed by atoms with Gasteiger partial charge >= 0.3 is 0 Å². The number of carbonyl (C=O) groups excluding carboxylic acids is 1. The van der Waals surface area contributed by atoms with Gasteiger partial charge in [0.05, 0.1) is 0 Å². The van der Waals surface area contributed by atoms with Gasteiger partial charge in [0.2, 0.25) is 0 Å². The van der Waals surface area contributed by atoms with Crippen LogP contribution in [0.1, 0.15) is 35.7 Å². The summed E-state index contributed by atoms with van der Waals surface area (Å²) in [4.78, 5) is 11.7. The number of aryl methyl sites for hydroxylation is 2. The maximum absolute atomic E-state index is 11.7. The molecule has 0 aliphatic heterocycles. The molecule has 0 spiro atoms. The van der Waals surface area contributed by atoms with Gasteiger partial charge in [0, 0.05) is 13.0 Å². The monoisotopic (exact) mass is 260 g/mol. The van der Waals surface area contributed by atoms with Crippen molar-refractivity contribution in [3.8, 4) is 0 Å². The smallest absolute Gasteiger partial charge is 0.287 e. The Morgan fingerprint density at radius 3 is 2.71 bits per heavy atom. The molecule has 3 N–H and O–H groups in total. The van der Waals surface area contributed by atoms with Crippen molar-refractivity contribution in [2.75, 3.05) is 13.1 Å². The van der Waals surface area contributed by atoms with E-state index in [4.69, 9.17) is 10.2 Å². The number of rotatable bonds is 5. The fourth-order valence-electron chi connectivity index (χ4n) is 1.42. The largest absolute Gasteiger partial charge is 0.456 e. The molecule has 5 heteroatoms. The Kier molecular flexibility index (Phi) is 6.92. The first-order valence-corrected chi connectivity index (χ1v) is 5.66. The number of amides is 1. The van der Waals surface area contributed by atoms with Gasteiger partial charge in [-0.2, -0.15) is 0 Å². The third-order valence-electron chi connectivity index (χ3n) is 2.58. The van der Waals surface area contributed by atoms with E-state index in [2.05, 4.69) is 5.32 Å². The molecule has 1 heterocycles. The lowest BCUT2D eigenvalue weighted by Crippen LogP contribution is -2.31. The lowest BCUT2D eigenvalue weighted by atomic mass is 10.2. The van der Waals surface area contributed by atoms with Gasteiger partial charge in [-0.25, -0.2) is 0 Å². The average Bonchev–Trinajstić information content (AvgIpc) is 2.66. The minimum absolute atomic E-state index is 0. The molecular formula is C12H21ClN2O2. The number of nitrogens with one attached hydrogen (secondary N) is 1. The Balaban J connectivity index is 0.00000256. The summed E-state index contributed by atoms with van der Waals surface area (Å²) in [5.41, 5.74) is 6.50. The molecule has 0 bridgehead atoms. The van der Waals surface area contributed by atoms with E-state index in [1.165, 1.54) is 0 Å². The molecule has 1 aromatic rings. The molecule has 17 heavy (non-hydrogen) atoms. The molecule has 0 saturated carbocycles. The molecule has 1 aromatic heterocycles. The molecule has 0 aliphatic rings. The highest BCUT2D eigenvalue weighted by molar-refractivity contribution is 5.91. The predicted octanol–water partition coefficient (Wildman–Crippen LogP) is 1.90. The van der Waals surface area contributed by atoms with Crippen molar-refractivity contribution in [2.24, 2.45) is 11.7 Å². The standard InChI is InChI=1S/C12H20N2O2.ClH/c1-4-10-9(3)5-11(16-10)12(15)14-7-8(2)6-13;/h5,8H,4,6-7,13H2,1-3H3,(H,14,15);1H. The molecule has 1 amide bonds. The molecule has 0 radical (unpaired) electrons. The van der Waals surface area contributed by atoms with Crippen LogP contribution < -0.4 is 11.1 Å². The van der Waals surface area contributed by atoms with E-state index < -0.39 is 0 Å². The normalized spacial score (nSPS) is 11.8. The summed E-state index contributed by atoms with van der Waals surface area (Å²) in [5, 5.41) is 2.80. The Morgan fingerprint density at radius 1 is 1.59 bits per heavy atom. The van der Waals surface area contributed by atoms with Crippen molar-refractivity contribution in [3.63, 3.8) is 0 Å². The minimum atomic E-state index is -0.164. The third-order valence-corrected chi connectivity index (χ3v) is 2.58. The number of nitrogens with two attached hydrogens (primary N) is 1. The second-order valence-corrected chi connectivity index (χ2v) is 4.12. The highest BCUT2D eigenvalue weighted by atomic mass is 35.5. The molecule has 1 rings (SSSR count). The Morgan fingerprint density at radius 2 is 2.24 bits per heavy atom. The summed E-state index contributed by atoms with van der Waals surface area (Å²) >= 11 is 0. The van der Waals surface area contributed by atoms with Gasteiger partial charge in [0.25, 0.3) is 5.91 Å². The van der Waals surface area contributed by atoms with Gasteiger partial charge in [-0.15, -0.1) is 12.4 Å². The van der Waals surface area contributed by atoms with Crippen LogP contribution in [0.2, 0.25) is 0 Å². The second kappa shape index (κ2) is 7.35. The third kappa shape index (κ3) is 4.40. The number of hydrogen-bond acceptors (Lipinski definition) is 3. The molecule has 1 unspecified atom stereocenters. The molecule has 0 aromatic carbocycles. The lowest BCUT2D eigenvalue weighted by molar-refractivity contribution is 0.0919. The van der Waals surface area contributed by atoms with Gasteiger partial charge < -0.3 is 15.5 Å². The second-order valence-electron chi connectivity index (χ2n) is 4.12. The van der Waals surface area contributed by atoms with E-state index in [1.54, 1.807) is 6.07 Å². The molecule has 0 aliphatic carbocycles. The zero-order valence-corrected chi connectivity index (χ0v) is 11.4. The fourth-order valence-corrected chi connectivity index (χ4v) is 1.42. The first kappa shape index (κ1) is 16.0. The number of carbonyl (C=O) groups is 1. The first-order valence-electron chi connectivity index (χ1n) is 5.66. The van der Waals surface area contributed by atoms with Gasteiger partial charge in [-0.3, -0.25) is 4.79 Å². The molecule has 0 fully saturated rings. The van der Waals surface area contributed by atoms with E-state index in [0.717, 1.165) is 17.7 Å². The van der Waals surface area contributed by atoms with Gasteiger partial charge in [0.15, 0.2) is 5.76 Å². The Hall–Kier alpha value is -1.00. The van der Waals surface area contributed by atoms with E-state index in [1.807, 2.05) is 20.8 Å². The summed E-state index contributed by atoms with van der Waals surface area (Å²) in [6, 6.07) is 1.78. The summed E-state index contributed by atoms with van der Waals surface area (Å²) in [5.74, 6) is 1.38. The molecule has 0 saturated heterocycles. The van der Waals surface area contributed by atoms with E-state index in [9.17, 15) is 4.79 Å². The summed E-state index contributed by atoms with van der Waals surface area (Å²) in [7, 11) is 0. The molecule has 98 valence electrons. The average molecular weight is 261 g/mol. The molecule has 4 nitrogen and oxygen atoms in total. The predicted molar refractivity (Wildman–Crippen MR) is 70.6 cm³/mol. The number of hydrogen-bond donors (Lipinski definition) is 2.